The number of non-ortho nitro benzene ring substituents is 1. The van der Waals surface area contributed by atoms with Crippen molar-refractivity contribution < 1.29 is 18.1 Å². The van der Waals surface area contributed by atoms with Crippen molar-refractivity contribution in [1.82, 2.24) is 4.31 Å². The van der Waals surface area contributed by atoms with Crippen LogP contribution in [0.4, 0.5) is 17.1 Å². The van der Waals surface area contributed by atoms with Gasteiger partial charge in [-0.3, -0.25) is 14.9 Å². The maximum absolute atomic E-state index is 13.1. The first-order valence-electron chi connectivity index (χ1n) is 9.18. The van der Waals surface area contributed by atoms with E-state index in [4.69, 9.17) is 11.6 Å². The Bertz CT molecular complexity index is 1070. The molecule has 0 unspecified atom stereocenters. The number of nitrogens with zero attached hydrogens (tertiary/aromatic N) is 3. The Morgan fingerprint density at radius 2 is 1.87 bits per heavy atom. The summed E-state index contributed by atoms with van der Waals surface area (Å²) in [5.74, 6) is -0.236. The molecule has 2 aromatic carbocycles. The smallest absolute Gasteiger partial charge is 0.271 e. The fourth-order valence-corrected chi connectivity index (χ4v) is 5.34. The molecular weight excluding hydrogens is 432 g/mol. The molecule has 1 atom stereocenters. The normalized spacial score (nSPS) is 17.6. The zero-order valence-electron chi connectivity index (χ0n) is 16.4. The molecule has 1 amide bonds. The fourth-order valence-electron chi connectivity index (χ4n) is 3.43. The van der Waals surface area contributed by atoms with Crippen LogP contribution in [-0.4, -0.2) is 49.2 Å². The van der Waals surface area contributed by atoms with Crippen molar-refractivity contribution in [2.75, 3.05) is 29.9 Å². The highest BCUT2D eigenvalue weighted by Gasteiger charge is 2.34. The Labute approximate surface area is 179 Å². The number of nitro groups is 1. The summed E-state index contributed by atoms with van der Waals surface area (Å²) in [4.78, 5) is 23.6. The predicted molar refractivity (Wildman–Crippen MR) is 114 cm³/mol. The van der Waals surface area contributed by atoms with Crippen molar-refractivity contribution in [2.24, 2.45) is 0 Å². The molecule has 160 valence electrons. The number of benzene rings is 2. The largest absolute Gasteiger partial charge is 0.367 e. The van der Waals surface area contributed by atoms with Gasteiger partial charge >= 0.3 is 0 Å². The van der Waals surface area contributed by atoms with E-state index in [0.29, 0.717) is 24.5 Å². The second-order valence-corrected chi connectivity index (χ2v) is 9.31. The first kappa shape index (κ1) is 22.0. The molecule has 0 spiro atoms. The summed E-state index contributed by atoms with van der Waals surface area (Å²) in [5, 5.41) is 13.7. The molecule has 1 fully saturated rings. The molecule has 0 aromatic heterocycles. The third-order valence-electron chi connectivity index (χ3n) is 4.83. The first-order chi connectivity index (χ1) is 14.1. The van der Waals surface area contributed by atoms with Gasteiger partial charge in [0, 0.05) is 50.4 Å². The van der Waals surface area contributed by atoms with Crippen LogP contribution >= 0.6 is 11.6 Å². The van der Waals surface area contributed by atoms with E-state index < -0.39 is 14.9 Å². The van der Waals surface area contributed by atoms with Crippen LogP contribution in [0.25, 0.3) is 0 Å². The highest BCUT2D eigenvalue weighted by atomic mass is 35.5. The van der Waals surface area contributed by atoms with E-state index in [9.17, 15) is 23.3 Å². The average Bonchev–Trinajstić information content (AvgIpc) is 2.67. The van der Waals surface area contributed by atoms with E-state index in [2.05, 4.69) is 5.32 Å². The van der Waals surface area contributed by atoms with E-state index >= 15 is 0 Å². The lowest BCUT2D eigenvalue weighted by Gasteiger charge is -2.40. The Hall–Kier alpha value is -2.69. The van der Waals surface area contributed by atoms with Gasteiger partial charge in [-0.25, -0.2) is 8.42 Å². The van der Waals surface area contributed by atoms with Crippen LogP contribution in [0.15, 0.2) is 47.4 Å². The van der Waals surface area contributed by atoms with Crippen LogP contribution in [0.3, 0.4) is 0 Å². The van der Waals surface area contributed by atoms with Crippen LogP contribution in [0.5, 0.6) is 0 Å². The Balaban J connectivity index is 1.76. The zero-order chi connectivity index (χ0) is 22.1. The number of nitro benzene ring substituents is 1. The van der Waals surface area contributed by atoms with Crippen molar-refractivity contribution >= 4 is 44.6 Å². The van der Waals surface area contributed by atoms with Gasteiger partial charge in [0.1, 0.15) is 0 Å². The van der Waals surface area contributed by atoms with Gasteiger partial charge in [0.15, 0.2) is 0 Å². The van der Waals surface area contributed by atoms with Gasteiger partial charge in [-0.2, -0.15) is 4.31 Å². The molecule has 1 heterocycles. The molecule has 0 aliphatic carbocycles. The molecule has 0 saturated carbocycles. The quantitative estimate of drug-likeness (QED) is 0.551. The SMILES string of the molecule is CC(=O)Nc1ccc(S(=O)(=O)N2CCN(c3ccc([N+](=O)[O-])cc3Cl)C[C@H]2C)cc1. The lowest BCUT2D eigenvalue weighted by atomic mass is 10.2. The second-order valence-electron chi connectivity index (χ2n) is 7.01. The van der Waals surface area contributed by atoms with Gasteiger partial charge in [-0.1, -0.05) is 11.6 Å². The van der Waals surface area contributed by atoms with Gasteiger partial charge in [0.25, 0.3) is 5.69 Å². The molecule has 30 heavy (non-hydrogen) atoms. The van der Waals surface area contributed by atoms with Gasteiger partial charge < -0.3 is 10.2 Å². The van der Waals surface area contributed by atoms with Crippen molar-refractivity contribution in [3.63, 3.8) is 0 Å². The maximum atomic E-state index is 13.1. The fraction of sp³-hybridized carbons (Fsp3) is 0.316. The zero-order valence-corrected chi connectivity index (χ0v) is 18.0. The molecule has 2 aromatic rings. The molecule has 11 heteroatoms. The van der Waals surface area contributed by atoms with Gasteiger partial charge in [0.05, 0.1) is 20.5 Å². The van der Waals surface area contributed by atoms with E-state index in [1.807, 2.05) is 4.90 Å². The summed E-state index contributed by atoms with van der Waals surface area (Å²) in [6.45, 7) is 4.20. The third kappa shape index (κ3) is 4.55. The lowest BCUT2D eigenvalue weighted by Crippen LogP contribution is -2.54. The highest BCUT2D eigenvalue weighted by Crippen LogP contribution is 2.32. The topological polar surface area (TPSA) is 113 Å². The van der Waals surface area contributed by atoms with Crippen LogP contribution in [0, 0.1) is 10.1 Å². The number of sulfonamides is 1. The number of halogens is 1. The Morgan fingerprint density at radius 1 is 1.20 bits per heavy atom. The Kier molecular flexibility index (Phi) is 6.30. The molecule has 0 radical (unpaired) electrons. The third-order valence-corrected chi connectivity index (χ3v) is 7.16. The van der Waals surface area contributed by atoms with Crippen LogP contribution in [-0.2, 0) is 14.8 Å². The predicted octanol–water partition coefficient (Wildman–Crippen LogP) is 3.11. The standard InChI is InChI=1S/C19H21ClN4O5S/c1-13-12-22(19-8-5-16(24(26)27)11-18(19)20)9-10-23(13)30(28,29)17-6-3-15(4-7-17)21-14(2)25/h3-8,11,13H,9-10,12H2,1-2H3,(H,21,25)/t13-/m1/s1. The minimum atomic E-state index is -3.72. The molecule has 1 aliphatic heterocycles. The minimum Gasteiger partial charge on any atom is -0.367 e. The summed E-state index contributed by atoms with van der Waals surface area (Å²) in [5.41, 5.74) is 1.05. The summed E-state index contributed by atoms with van der Waals surface area (Å²) in [6, 6.07) is 9.94. The monoisotopic (exact) mass is 452 g/mol. The van der Waals surface area contributed by atoms with E-state index in [1.54, 1.807) is 25.1 Å². The summed E-state index contributed by atoms with van der Waals surface area (Å²) >= 11 is 6.22. The van der Waals surface area contributed by atoms with Crippen molar-refractivity contribution in [3.8, 4) is 0 Å². The molecule has 1 aliphatic rings. The number of carbonyl (C=O) groups excluding carboxylic acids is 1. The number of carbonyl (C=O) groups is 1. The number of hydrogen-bond donors (Lipinski definition) is 1. The van der Waals surface area contributed by atoms with E-state index in [0.717, 1.165) is 0 Å². The number of hydrogen-bond acceptors (Lipinski definition) is 6. The highest BCUT2D eigenvalue weighted by molar-refractivity contribution is 7.89. The van der Waals surface area contributed by atoms with E-state index in [1.165, 1.54) is 35.5 Å². The summed E-state index contributed by atoms with van der Waals surface area (Å²) < 4.78 is 27.6. The number of anilines is 2. The first-order valence-corrected chi connectivity index (χ1v) is 11.0. The lowest BCUT2D eigenvalue weighted by molar-refractivity contribution is -0.384. The molecule has 1 N–H and O–H groups in total. The number of rotatable bonds is 5. The maximum Gasteiger partial charge on any atom is 0.271 e. The number of amides is 1. The van der Waals surface area contributed by atoms with Gasteiger partial charge in [-0.15, -0.1) is 0 Å². The summed E-state index contributed by atoms with van der Waals surface area (Å²) in [6.07, 6.45) is 0. The van der Waals surface area contributed by atoms with E-state index in [-0.39, 0.29) is 34.1 Å². The average molecular weight is 453 g/mol. The van der Waals surface area contributed by atoms with Crippen molar-refractivity contribution in [1.29, 1.82) is 0 Å². The minimum absolute atomic E-state index is 0.0966. The van der Waals surface area contributed by atoms with Crippen molar-refractivity contribution in [2.45, 2.75) is 24.8 Å². The molecule has 1 saturated heterocycles. The van der Waals surface area contributed by atoms with Crippen LogP contribution in [0.1, 0.15) is 13.8 Å². The number of nitrogens with one attached hydrogen (secondary N) is 1. The van der Waals surface area contributed by atoms with Crippen LogP contribution in [0.2, 0.25) is 5.02 Å². The van der Waals surface area contributed by atoms with Crippen LogP contribution < -0.4 is 10.2 Å². The molecule has 9 nitrogen and oxygen atoms in total. The number of piperazine rings is 1. The van der Waals surface area contributed by atoms with Gasteiger partial charge in [-0.05, 0) is 37.3 Å². The Morgan fingerprint density at radius 3 is 2.40 bits per heavy atom. The van der Waals surface area contributed by atoms with Gasteiger partial charge in [0.2, 0.25) is 15.9 Å². The van der Waals surface area contributed by atoms with Crippen molar-refractivity contribution in [3.05, 3.63) is 57.6 Å². The molecule has 0 bridgehead atoms. The summed E-state index contributed by atoms with van der Waals surface area (Å²) in [7, 11) is -3.72. The molecule has 3 rings (SSSR count). The second kappa shape index (κ2) is 8.58. The molecular formula is C19H21ClN4O5S.